The average molecular weight is 414 g/mol. The number of aryl methyl sites for hydroxylation is 3. The second-order valence-electron chi connectivity index (χ2n) is 6.79. The monoisotopic (exact) mass is 413 g/mol. The van der Waals surface area contributed by atoms with Crippen molar-refractivity contribution in [3.05, 3.63) is 40.5 Å². The number of para-hydroxylation sites is 2. The molecular formula is C21H23N3O2S2. The van der Waals surface area contributed by atoms with Crippen LogP contribution in [0.2, 0.25) is 0 Å². The number of amides is 1. The van der Waals surface area contributed by atoms with Crippen molar-refractivity contribution >= 4 is 44.9 Å². The van der Waals surface area contributed by atoms with Crippen LogP contribution >= 0.6 is 23.1 Å². The number of rotatable bonds is 6. The normalized spacial score (nSPS) is 14.1. The Kier molecular flexibility index (Phi) is 5.55. The maximum absolute atomic E-state index is 12.8. The van der Waals surface area contributed by atoms with Crippen LogP contribution in [0.25, 0.3) is 10.2 Å². The first-order valence-electron chi connectivity index (χ1n) is 9.55. The fraction of sp³-hybridized carbons (Fsp3) is 0.381. The molecule has 1 aliphatic carbocycles. The number of nitrogens with zero attached hydrogens (tertiary/aromatic N) is 2. The predicted molar refractivity (Wildman–Crippen MR) is 116 cm³/mol. The molecular weight excluding hydrogens is 390 g/mol. The van der Waals surface area contributed by atoms with Crippen molar-refractivity contribution in [1.82, 2.24) is 9.97 Å². The molecule has 1 N–H and O–H groups in total. The molecule has 4 rings (SSSR count). The first kappa shape index (κ1) is 19.2. The Morgan fingerprint density at radius 1 is 1.32 bits per heavy atom. The van der Waals surface area contributed by atoms with Gasteiger partial charge >= 0.3 is 0 Å². The number of ether oxygens (including phenoxy) is 1. The van der Waals surface area contributed by atoms with Crippen LogP contribution in [-0.4, -0.2) is 27.7 Å². The molecule has 2 aromatic heterocycles. The molecule has 0 unspecified atom stereocenters. The van der Waals surface area contributed by atoms with E-state index in [1.165, 1.54) is 28.6 Å². The molecule has 1 amide bonds. The van der Waals surface area contributed by atoms with Gasteiger partial charge in [0, 0.05) is 10.3 Å². The van der Waals surface area contributed by atoms with E-state index in [1.807, 2.05) is 45.0 Å². The van der Waals surface area contributed by atoms with Crippen LogP contribution in [0.4, 0.5) is 5.69 Å². The standard InChI is InChI=1S/C21H23N3O2S2/c1-4-26-16-10-6-5-9-15(16)24-19(25)12(2)27-20-18-14-8-7-11-17(14)28-21(18)23-13(3)22-20/h5-6,9-10,12H,4,7-8,11H2,1-3H3,(H,24,25)/t12-/m0/s1. The van der Waals surface area contributed by atoms with Crippen molar-refractivity contribution in [3.8, 4) is 5.75 Å². The third-order valence-electron chi connectivity index (χ3n) is 4.75. The quantitative estimate of drug-likeness (QED) is 0.455. The summed E-state index contributed by atoms with van der Waals surface area (Å²) in [6.45, 7) is 6.31. The Morgan fingerprint density at radius 2 is 2.14 bits per heavy atom. The lowest BCUT2D eigenvalue weighted by atomic mass is 10.2. The first-order chi connectivity index (χ1) is 13.6. The van der Waals surface area contributed by atoms with Crippen molar-refractivity contribution in [2.24, 2.45) is 0 Å². The van der Waals surface area contributed by atoms with Gasteiger partial charge in [0.2, 0.25) is 5.91 Å². The van der Waals surface area contributed by atoms with Gasteiger partial charge in [-0.15, -0.1) is 11.3 Å². The molecule has 0 bridgehead atoms. The number of anilines is 1. The molecule has 28 heavy (non-hydrogen) atoms. The number of aromatic nitrogens is 2. The fourth-order valence-electron chi connectivity index (χ4n) is 3.46. The lowest BCUT2D eigenvalue weighted by molar-refractivity contribution is -0.115. The zero-order valence-electron chi connectivity index (χ0n) is 16.2. The molecule has 0 radical (unpaired) electrons. The summed E-state index contributed by atoms with van der Waals surface area (Å²) < 4.78 is 5.61. The summed E-state index contributed by atoms with van der Waals surface area (Å²) in [7, 11) is 0. The average Bonchev–Trinajstić information content (AvgIpc) is 3.24. The van der Waals surface area contributed by atoms with Crippen LogP contribution in [0, 0.1) is 6.92 Å². The van der Waals surface area contributed by atoms with E-state index in [0.717, 1.165) is 33.9 Å². The summed E-state index contributed by atoms with van der Waals surface area (Å²) in [5.74, 6) is 1.38. The zero-order valence-corrected chi connectivity index (χ0v) is 17.9. The minimum absolute atomic E-state index is 0.0616. The molecule has 1 atom stereocenters. The summed E-state index contributed by atoms with van der Waals surface area (Å²) in [6, 6.07) is 7.51. The molecule has 0 aliphatic heterocycles. The highest BCUT2D eigenvalue weighted by atomic mass is 32.2. The summed E-state index contributed by atoms with van der Waals surface area (Å²) in [4.78, 5) is 24.6. The number of nitrogens with one attached hydrogen (secondary N) is 1. The minimum atomic E-state index is -0.288. The molecule has 7 heteroatoms. The number of hydrogen-bond acceptors (Lipinski definition) is 6. The van der Waals surface area contributed by atoms with E-state index in [2.05, 4.69) is 15.3 Å². The van der Waals surface area contributed by atoms with Crippen LogP contribution in [0.5, 0.6) is 5.75 Å². The summed E-state index contributed by atoms with van der Waals surface area (Å²) in [5.41, 5.74) is 2.08. The van der Waals surface area contributed by atoms with Crippen LogP contribution in [-0.2, 0) is 17.6 Å². The lowest BCUT2D eigenvalue weighted by Crippen LogP contribution is -2.23. The van der Waals surface area contributed by atoms with Gasteiger partial charge in [0.25, 0.3) is 0 Å². The maximum atomic E-state index is 12.8. The summed E-state index contributed by atoms with van der Waals surface area (Å²) in [6.07, 6.45) is 3.40. The molecule has 0 saturated heterocycles. The number of thiophene rings is 1. The highest BCUT2D eigenvalue weighted by molar-refractivity contribution is 8.00. The van der Waals surface area contributed by atoms with Crippen molar-refractivity contribution in [3.63, 3.8) is 0 Å². The third kappa shape index (κ3) is 3.73. The SMILES string of the molecule is CCOc1ccccc1NC(=O)[C@H](C)Sc1nc(C)nc2sc3c(c12)CCC3. The second-order valence-corrected chi connectivity index (χ2v) is 9.21. The van der Waals surface area contributed by atoms with Gasteiger partial charge in [0.15, 0.2) is 0 Å². The van der Waals surface area contributed by atoms with E-state index in [-0.39, 0.29) is 11.2 Å². The van der Waals surface area contributed by atoms with Crippen molar-refractivity contribution < 1.29 is 9.53 Å². The molecule has 146 valence electrons. The van der Waals surface area contributed by atoms with E-state index in [9.17, 15) is 4.79 Å². The Bertz CT molecular complexity index is 1030. The van der Waals surface area contributed by atoms with E-state index in [1.54, 1.807) is 11.3 Å². The molecule has 5 nitrogen and oxygen atoms in total. The van der Waals surface area contributed by atoms with Gasteiger partial charge in [-0.25, -0.2) is 9.97 Å². The van der Waals surface area contributed by atoms with E-state index in [4.69, 9.17) is 4.74 Å². The number of carbonyl (C=O) groups is 1. The van der Waals surface area contributed by atoms with E-state index < -0.39 is 0 Å². The van der Waals surface area contributed by atoms with E-state index in [0.29, 0.717) is 18.0 Å². The first-order valence-corrected chi connectivity index (χ1v) is 11.2. The number of thioether (sulfide) groups is 1. The smallest absolute Gasteiger partial charge is 0.237 e. The number of hydrogen-bond donors (Lipinski definition) is 1. The van der Waals surface area contributed by atoms with Crippen LogP contribution in [0.15, 0.2) is 29.3 Å². The molecule has 0 saturated carbocycles. The number of carbonyl (C=O) groups excluding carboxylic acids is 1. The Balaban J connectivity index is 1.57. The Morgan fingerprint density at radius 3 is 2.96 bits per heavy atom. The Hall–Kier alpha value is -2.12. The van der Waals surface area contributed by atoms with Crippen LogP contribution in [0.3, 0.4) is 0 Å². The van der Waals surface area contributed by atoms with Crippen LogP contribution < -0.4 is 10.1 Å². The lowest BCUT2D eigenvalue weighted by Gasteiger charge is -2.15. The molecule has 2 heterocycles. The molecule has 1 aliphatic rings. The maximum Gasteiger partial charge on any atom is 0.237 e. The van der Waals surface area contributed by atoms with Crippen molar-refractivity contribution in [1.29, 1.82) is 0 Å². The van der Waals surface area contributed by atoms with Gasteiger partial charge in [-0.2, -0.15) is 0 Å². The molecule has 1 aromatic carbocycles. The second kappa shape index (κ2) is 8.09. The minimum Gasteiger partial charge on any atom is -0.492 e. The van der Waals surface area contributed by atoms with Crippen LogP contribution in [0.1, 0.15) is 36.5 Å². The van der Waals surface area contributed by atoms with Gasteiger partial charge in [-0.3, -0.25) is 4.79 Å². The van der Waals surface area contributed by atoms with Gasteiger partial charge in [-0.05, 0) is 57.7 Å². The third-order valence-corrected chi connectivity index (χ3v) is 7.02. The zero-order chi connectivity index (χ0) is 19.7. The van der Waals surface area contributed by atoms with Gasteiger partial charge in [0.1, 0.15) is 21.4 Å². The number of benzene rings is 1. The predicted octanol–water partition coefficient (Wildman–Crippen LogP) is 5.01. The fourth-order valence-corrected chi connectivity index (χ4v) is 5.85. The summed E-state index contributed by atoms with van der Waals surface area (Å²) in [5, 5.41) is 4.78. The Labute approximate surface area is 172 Å². The molecule has 0 spiro atoms. The summed E-state index contributed by atoms with van der Waals surface area (Å²) >= 11 is 3.29. The van der Waals surface area contributed by atoms with E-state index >= 15 is 0 Å². The van der Waals surface area contributed by atoms with Gasteiger partial charge in [0.05, 0.1) is 17.5 Å². The molecule has 3 aromatic rings. The largest absolute Gasteiger partial charge is 0.492 e. The topological polar surface area (TPSA) is 64.1 Å². The van der Waals surface area contributed by atoms with Crippen molar-refractivity contribution in [2.45, 2.75) is 50.3 Å². The highest BCUT2D eigenvalue weighted by Gasteiger charge is 2.25. The number of fused-ring (bicyclic) bond motifs is 3. The van der Waals surface area contributed by atoms with Crippen molar-refractivity contribution in [2.75, 3.05) is 11.9 Å². The molecule has 0 fully saturated rings. The van der Waals surface area contributed by atoms with Gasteiger partial charge in [-0.1, -0.05) is 23.9 Å². The highest BCUT2D eigenvalue weighted by Crippen LogP contribution is 2.41. The van der Waals surface area contributed by atoms with Gasteiger partial charge < -0.3 is 10.1 Å².